The second-order valence-electron chi connectivity index (χ2n) is 9.79. The zero-order valence-electron chi connectivity index (χ0n) is 20.3. The van der Waals surface area contributed by atoms with Gasteiger partial charge in [-0.3, -0.25) is 4.79 Å². The van der Waals surface area contributed by atoms with E-state index in [1.165, 1.54) is 12.1 Å². The van der Waals surface area contributed by atoms with E-state index < -0.39 is 5.97 Å². The highest BCUT2D eigenvalue weighted by atomic mass is 19.1. The minimum Gasteiger partial charge on any atom is -0.478 e. The van der Waals surface area contributed by atoms with Gasteiger partial charge in [0.05, 0.1) is 17.0 Å². The molecule has 1 unspecified atom stereocenters. The van der Waals surface area contributed by atoms with Crippen molar-refractivity contribution in [1.29, 1.82) is 0 Å². The number of hydrogen-bond donors (Lipinski definition) is 2. The monoisotopic (exact) mass is 486 g/mol. The maximum absolute atomic E-state index is 14.4. The third-order valence-electron chi connectivity index (χ3n) is 6.90. The fourth-order valence-corrected chi connectivity index (χ4v) is 5.08. The van der Waals surface area contributed by atoms with Crippen LogP contribution in [0.2, 0.25) is 0 Å². The van der Waals surface area contributed by atoms with Gasteiger partial charge in [0, 0.05) is 35.8 Å². The Morgan fingerprint density at radius 2 is 1.81 bits per heavy atom. The lowest BCUT2D eigenvalue weighted by atomic mass is 9.75. The number of para-hydroxylation sites is 1. The highest BCUT2D eigenvalue weighted by Crippen LogP contribution is 2.39. The number of halogens is 1. The molecule has 5 rings (SSSR count). The lowest BCUT2D eigenvalue weighted by molar-refractivity contribution is 0.0698. The Balaban J connectivity index is 1.50. The highest BCUT2D eigenvalue weighted by Gasteiger charge is 2.43. The van der Waals surface area contributed by atoms with Crippen LogP contribution in [-0.2, 0) is 5.41 Å². The van der Waals surface area contributed by atoms with Gasteiger partial charge in [0.1, 0.15) is 11.4 Å². The molecule has 0 saturated carbocycles. The molecule has 1 fully saturated rings. The van der Waals surface area contributed by atoms with Crippen LogP contribution in [0, 0.1) is 12.7 Å². The van der Waals surface area contributed by atoms with Crippen LogP contribution in [0.4, 0.5) is 16.0 Å². The molecule has 0 amide bonds. The summed E-state index contributed by atoms with van der Waals surface area (Å²) in [5, 5.41) is 13.3. The van der Waals surface area contributed by atoms with Gasteiger partial charge in [-0.05, 0) is 49.2 Å². The number of nitrogens with zero attached hydrogens (tertiary/aromatic N) is 1. The van der Waals surface area contributed by atoms with Gasteiger partial charge in [0.25, 0.3) is 0 Å². The van der Waals surface area contributed by atoms with Crippen molar-refractivity contribution in [3.8, 4) is 0 Å². The van der Waals surface area contributed by atoms with E-state index in [9.17, 15) is 19.1 Å². The molecule has 1 aliphatic rings. The number of nitrogens with one attached hydrogen (secondary N) is 1. The Morgan fingerprint density at radius 1 is 1.11 bits per heavy atom. The number of anilines is 2. The summed E-state index contributed by atoms with van der Waals surface area (Å²) in [6.45, 7) is 6.84. The molecule has 0 spiro atoms. The first-order valence-electron chi connectivity index (χ1n) is 11.8. The summed E-state index contributed by atoms with van der Waals surface area (Å²) in [7, 11) is 0. The molecule has 3 aromatic carbocycles. The summed E-state index contributed by atoms with van der Waals surface area (Å²) in [5.74, 6) is -0.827. The van der Waals surface area contributed by atoms with Gasteiger partial charge in [-0.25, -0.2) is 9.18 Å². The van der Waals surface area contributed by atoms with Crippen molar-refractivity contribution >= 4 is 28.5 Å². The first-order valence-corrected chi connectivity index (χ1v) is 11.8. The fraction of sp³-hybridized carbons (Fsp3) is 0.241. The number of benzene rings is 3. The summed E-state index contributed by atoms with van der Waals surface area (Å²) >= 11 is 0. The lowest BCUT2D eigenvalue weighted by Gasteiger charge is -2.48. The smallest absolute Gasteiger partial charge is 0.337 e. The maximum atomic E-state index is 14.4. The van der Waals surface area contributed by atoms with Crippen molar-refractivity contribution in [3.63, 3.8) is 0 Å². The largest absolute Gasteiger partial charge is 0.478 e. The van der Waals surface area contributed by atoms with Crippen LogP contribution in [0.25, 0.3) is 11.0 Å². The summed E-state index contributed by atoms with van der Waals surface area (Å²) in [4.78, 5) is 26.7. The van der Waals surface area contributed by atoms with E-state index in [1.54, 1.807) is 42.5 Å². The van der Waals surface area contributed by atoms with Crippen molar-refractivity contribution in [1.82, 2.24) is 0 Å². The Kier molecular flexibility index (Phi) is 5.79. The molecule has 184 valence electrons. The van der Waals surface area contributed by atoms with Crippen LogP contribution >= 0.6 is 0 Å². The standard InChI is InChI=1S/C29H27FN2O4/c1-17-12-20(18(2)31-24-11-7-4-8-19(24)28(34)35)27-21(13-17)25(33)14-26(36-27)32-15-29(3,16-32)22-9-5-6-10-23(22)30/h4-14,18,31H,15-16H2,1-3H3,(H,34,35). The van der Waals surface area contributed by atoms with Gasteiger partial charge in [0.15, 0.2) is 11.3 Å². The second kappa shape index (κ2) is 8.82. The lowest BCUT2D eigenvalue weighted by Crippen LogP contribution is -2.58. The van der Waals surface area contributed by atoms with Gasteiger partial charge < -0.3 is 19.7 Å². The quantitative estimate of drug-likeness (QED) is 0.354. The average molecular weight is 487 g/mol. The molecule has 0 aliphatic carbocycles. The van der Waals surface area contributed by atoms with Crippen molar-refractivity contribution in [3.05, 3.63) is 105 Å². The number of fused-ring (bicyclic) bond motifs is 1. The molecule has 1 saturated heterocycles. The molecule has 1 atom stereocenters. The molecule has 1 aromatic heterocycles. The first kappa shape index (κ1) is 23.6. The Hall–Kier alpha value is -4.13. The molecular weight excluding hydrogens is 459 g/mol. The molecule has 0 radical (unpaired) electrons. The fourth-order valence-electron chi connectivity index (χ4n) is 5.08. The van der Waals surface area contributed by atoms with Gasteiger partial charge in [-0.2, -0.15) is 0 Å². The molecule has 4 aromatic rings. The zero-order valence-corrected chi connectivity index (χ0v) is 20.3. The number of rotatable bonds is 6. The van der Waals surface area contributed by atoms with Crippen molar-refractivity contribution in [2.24, 2.45) is 0 Å². The third kappa shape index (κ3) is 4.11. The predicted molar refractivity (Wildman–Crippen MR) is 139 cm³/mol. The summed E-state index contributed by atoms with van der Waals surface area (Å²) in [5.41, 5.74) is 2.85. The van der Waals surface area contributed by atoms with Crippen LogP contribution in [-0.4, -0.2) is 24.2 Å². The molecule has 6 nitrogen and oxygen atoms in total. The molecule has 2 N–H and O–H groups in total. The zero-order chi connectivity index (χ0) is 25.6. The highest BCUT2D eigenvalue weighted by molar-refractivity contribution is 5.94. The Labute approximate surface area is 208 Å². The molecule has 0 bridgehead atoms. The molecule has 1 aliphatic heterocycles. The molecule has 7 heteroatoms. The van der Waals surface area contributed by atoms with Crippen molar-refractivity contribution in [2.75, 3.05) is 23.3 Å². The number of hydrogen-bond acceptors (Lipinski definition) is 5. The normalized spacial score (nSPS) is 15.4. The van der Waals surface area contributed by atoms with Gasteiger partial charge in [-0.1, -0.05) is 43.3 Å². The van der Waals surface area contributed by atoms with Crippen LogP contribution < -0.4 is 15.6 Å². The van der Waals surface area contributed by atoms with Crippen LogP contribution in [0.3, 0.4) is 0 Å². The van der Waals surface area contributed by atoms with Crippen molar-refractivity contribution < 1.29 is 18.7 Å². The minimum atomic E-state index is -1.02. The SMILES string of the molecule is Cc1cc(C(C)Nc2ccccc2C(=O)O)c2oc(N3CC(C)(c4ccccc4F)C3)cc(=O)c2c1. The average Bonchev–Trinajstić information content (AvgIpc) is 2.82. The predicted octanol–water partition coefficient (Wildman–Crippen LogP) is 5.89. The number of aromatic carboxylic acids is 1. The summed E-state index contributed by atoms with van der Waals surface area (Å²) in [6, 6.07) is 18.3. The van der Waals surface area contributed by atoms with E-state index in [0.717, 1.165) is 11.1 Å². The minimum absolute atomic E-state index is 0.158. The van der Waals surface area contributed by atoms with Gasteiger partial charge in [0.2, 0.25) is 0 Å². The number of aryl methyl sites for hydroxylation is 1. The number of carbonyl (C=O) groups is 1. The maximum Gasteiger partial charge on any atom is 0.337 e. The summed E-state index contributed by atoms with van der Waals surface area (Å²) in [6.07, 6.45) is 0. The molecular formula is C29H27FN2O4. The Morgan fingerprint density at radius 3 is 2.53 bits per heavy atom. The second-order valence-corrected chi connectivity index (χ2v) is 9.79. The third-order valence-corrected chi connectivity index (χ3v) is 6.90. The number of carboxylic acids is 1. The molecule has 2 heterocycles. The van der Waals surface area contributed by atoms with E-state index in [4.69, 9.17) is 4.42 Å². The van der Waals surface area contributed by atoms with Gasteiger partial charge in [-0.15, -0.1) is 0 Å². The van der Waals surface area contributed by atoms with Crippen LogP contribution in [0.1, 0.15) is 46.9 Å². The van der Waals surface area contributed by atoms with Crippen molar-refractivity contribution in [2.45, 2.75) is 32.2 Å². The van der Waals surface area contributed by atoms with Gasteiger partial charge >= 0.3 is 5.97 Å². The summed E-state index contributed by atoms with van der Waals surface area (Å²) < 4.78 is 20.7. The first-order chi connectivity index (χ1) is 17.2. The molecule has 36 heavy (non-hydrogen) atoms. The topological polar surface area (TPSA) is 82.8 Å². The van der Waals surface area contributed by atoms with E-state index in [1.807, 2.05) is 37.8 Å². The van der Waals surface area contributed by atoms with E-state index >= 15 is 0 Å². The van der Waals surface area contributed by atoms with Crippen LogP contribution in [0.5, 0.6) is 0 Å². The van der Waals surface area contributed by atoms with E-state index in [0.29, 0.717) is 41.2 Å². The van der Waals surface area contributed by atoms with E-state index in [2.05, 4.69) is 5.32 Å². The van der Waals surface area contributed by atoms with Crippen LogP contribution in [0.15, 0.2) is 75.9 Å². The van der Waals surface area contributed by atoms with E-state index in [-0.39, 0.29) is 28.3 Å². The Bertz CT molecular complexity index is 1540. The number of carboxylic acid groups (broad SMARTS) is 1.